The molecule has 6 nitrogen and oxygen atoms in total. The van der Waals surface area contributed by atoms with Crippen LogP contribution in [0.15, 0.2) is 41.4 Å². The molecule has 2 aromatic rings. The summed E-state index contributed by atoms with van der Waals surface area (Å²) in [5.41, 5.74) is 5.40. The van der Waals surface area contributed by atoms with E-state index in [1.54, 1.807) is 14.2 Å². The molecular weight excluding hydrogens is 529 g/mol. The minimum atomic E-state index is 0. The molecule has 4 rings (SSSR count). The Bertz CT molecular complexity index is 973. The minimum Gasteiger partial charge on any atom is -0.493 e. The molecule has 0 bridgehead atoms. The molecule has 0 aliphatic carbocycles. The standard InChI is InChI=1S/C26H35N3O3.HI/c1-19-7-5-6-8-22(19)26(10-13-32-14-11-26)18-28-25(27-2)29-12-9-20-15-23(30-3)24(31-4)16-21(20)17-29;/h5-8,15-16H,9-14,17-18H2,1-4H3,(H,27,28);1H. The van der Waals surface area contributed by atoms with Gasteiger partial charge in [-0.3, -0.25) is 4.99 Å². The van der Waals surface area contributed by atoms with E-state index in [1.165, 1.54) is 22.3 Å². The maximum Gasteiger partial charge on any atom is 0.193 e. The molecule has 2 aromatic carbocycles. The highest BCUT2D eigenvalue weighted by Crippen LogP contribution is 2.37. The van der Waals surface area contributed by atoms with Crippen LogP contribution in [-0.2, 0) is 23.1 Å². The molecule has 0 spiro atoms. The summed E-state index contributed by atoms with van der Waals surface area (Å²) in [6.45, 7) is 6.38. The van der Waals surface area contributed by atoms with Crippen LogP contribution in [0.25, 0.3) is 0 Å². The molecule has 2 aliphatic heterocycles. The summed E-state index contributed by atoms with van der Waals surface area (Å²) >= 11 is 0. The first-order valence-electron chi connectivity index (χ1n) is 11.4. The highest BCUT2D eigenvalue weighted by molar-refractivity contribution is 14.0. The van der Waals surface area contributed by atoms with Crippen molar-refractivity contribution >= 4 is 29.9 Å². The Labute approximate surface area is 214 Å². The van der Waals surface area contributed by atoms with Crippen LogP contribution in [0.2, 0.25) is 0 Å². The van der Waals surface area contributed by atoms with Crippen LogP contribution in [0.5, 0.6) is 11.5 Å². The van der Waals surface area contributed by atoms with Gasteiger partial charge in [-0.15, -0.1) is 24.0 Å². The number of guanidine groups is 1. The number of ether oxygens (including phenoxy) is 3. The molecule has 2 aliphatic rings. The number of hydrogen-bond donors (Lipinski definition) is 1. The van der Waals surface area contributed by atoms with Gasteiger partial charge in [0, 0.05) is 45.3 Å². The van der Waals surface area contributed by atoms with Crippen molar-refractivity contribution in [3.8, 4) is 11.5 Å². The van der Waals surface area contributed by atoms with Gasteiger partial charge < -0.3 is 24.4 Å². The Balaban J connectivity index is 0.00000306. The Morgan fingerprint density at radius 2 is 1.76 bits per heavy atom. The van der Waals surface area contributed by atoms with E-state index in [0.29, 0.717) is 0 Å². The first-order chi connectivity index (χ1) is 15.6. The lowest BCUT2D eigenvalue weighted by Gasteiger charge is -2.40. The van der Waals surface area contributed by atoms with Gasteiger partial charge in [0.25, 0.3) is 0 Å². The fraction of sp³-hybridized carbons (Fsp3) is 0.500. The van der Waals surface area contributed by atoms with Gasteiger partial charge in [0.05, 0.1) is 14.2 Å². The van der Waals surface area contributed by atoms with E-state index < -0.39 is 0 Å². The molecule has 1 N–H and O–H groups in total. The zero-order valence-electron chi connectivity index (χ0n) is 20.1. The largest absolute Gasteiger partial charge is 0.493 e. The topological polar surface area (TPSA) is 55.3 Å². The zero-order valence-corrected chi connectivity index (χ0v) is 22.5. The molecule has 7 heteroatoms. The van der Waals surface area contributed by atoms with Crippen molar-refractivity contribution in [1.29, 1.82) is 0 Å². The maximum atomic E-state index is 5.72. The number of benzene rings is 2. The second-order valence-corrected chi connectivity index (χ2v) is 8.76. The summed E-state index contributed by atoms with van der Waals surface area (Å²) in [4.78, 5) is 6.97. The predicted molar refractivity (Wildman–Crippen MR) is 143 cm³/mol. The quantitative estimate of drug-likeness (QED) is 0.333. The van der Waals surface area contributed by atoms with Crippen molar-refractivity contribution in [1.82, 2.24) is 10.2 Å². The molecule has 0 saturated carbocycles. The van der Waals surface area contributed by atoms with E-state index in [1.807, 2.05) is 7.05 Å². The van der Waals surface area contributed by atoms with Gasteiger partial charge >= 0.3 is 0 Å². The van der Waals surface area contributed by atoms with E-state index in [0.717, 1.165) is 69.6 Å². The van der Waals surface area contributed by atoms with E-state index in [9.17, 15) is 0 Å². The monoisotopic (exact) mass is 565 g/mol. The van der Waals surface area contributed by atoms with Crippen LogP contribution < -0.4 is 14.8 Å². The number of fused-ring (bicyclic) bond motifs is 1. The lowest BCUT2D eigenvalue weighted by Crippen LogP contribution is -2.50. The summed E-state index contributed by atoms with van der Waals surface area (Å²) < 4.78 is 16.7. The van der Waals surface area contributed by atoms with Crippen LogP contribution in [0.3, 0.4) is 0 Å². The molecule has 0 radical (unpaired) electrons. The lowest BCUT2D eigenvalue weighted by atomic mass is 9.72. The summed E-state index contributed by atoms with van der Waals surface area (Å²) in [5, 5.41) is 3.72. The SMILES string of the molecule is CN=C(NCC1(c2ccccc2C)CCOCC1)N1CCc2cc(OC)c(OC)cc2C1.I. The van der Waals surface area contributed by atoms with Crippen molar-refractivity contribution in [2.45, 2.75) is 38.1 Å². The van der Waals surface area contributed by atoms with Gasteiger partial charge in [-0.25, -0.2) is 0 Å². The van der Waals surface area contributed by atoms with Gasteiger partial charge in [-0.05, 0) is 60.6 Å². The van der Waals surface area contributed by atoms with Gasteiger partial charge in [-0.1, -0.05) is 24.3 Å². The number of aryl methyl sites for hydroxylation is 1. The third kappa shape index (κ3) is 5.40. The van der Waals surface area contributed by atoms with Gasteiger partial charge in [-0.2, -0.15) is 0 Å². The number of rotatable bonds is 5. The molecule has 0 amide bonds. The normalized spacial score (nSPS) is 17.6. The number of nitrogens with one attached hydrogen (secondary N) is 1. The second kappa shape index (κ2) is 11.4. The molecule has 33 heavy (non-hydrogen) atoms. The first kappa shape index (κ1) is 25.6. The van der Waals surface area contributed by atoms with Crippen LogP contribution in [0.1, 0.15) is 35.1 Å². The molecule has 1 saturated heterocycles. The Morgan fingerprint density at radius 3 is 2.39 bits per heavy atom. The van der Waals surface area contributed by atoms with Crippen LogP contribution in [0, 0.1) is 6.92 Å². The predicted octanol–water partition coefficient (Wildman–Crippen LogP) is 4.31. The third-order valence-corrected chi connectivity index (χ3v) is 6.98. The highest BCUT2D eigenvalue weighted by atomic mass is 127. The highest BCUT2D eigenvalue weighted by Gasteiger charge is 2.36. The maximum absolute atomic E-state index is 5.72. The van der Waals surface area contributed by atoms with Crippen LogP contribution >= 0.6 is 24.0 Å². The second-order valence-electron chi connectivity index (χ2n) is 8.76. The van der Waals surface area contributed by atoms with Crippen molar-refractivity contribution in [3.63, 3.8) is 0 Å². The van der Waals surface area contributed by atoms with E-state index >= 15 is 0 Å². The van der Waals surface area contributed by atoms with Crippen molar-refractivity contribution < 1.29 is 14.2 Å². The summed E-state index contributed by atoms with van der Waals surface area (Å²) in [6, 6.07) is 13.0. The van der Waals surface area contributed by atoms with E-state index in [2.05, 4.69) is 58.5 Å². The van der Waals surface area contributed by atoms with Crippen LogP contribution in [0.4, 0.5) is 0 Å². The fourth-order valence-electron chi connectivity index (χ4n) is 5.12. The molecule has 180 valence electrons. The molecule has 0 unspecified atom stereocenters. The van der Waals surface area contributed by atoms with Crippen molar-refractivity contribution in [2.75, 3.05) is 47.6 Å². The van der Waals surface area contributed by atoms with Gasteiger partial charge in [0.1, 0.15) is 0 Å². The van der Waals surface area contributed by atoms with Crippen molar-refractivity contribution in [2.24, 2.45) is 4.99 Å². The smallest absolute Gasteiger partial charge is 0.193 e. The van der Waals surface area contributed by atoms with E-state index in [4.69, 9.17) is 14.2 Å². The Hall–Kier alpha value is -2.00. The van der Waals surface area contributed by atoms with Crippen LogP contribution in [-0.4, -0.2) is 58.4 Å². The van der Waals surface area contributed by atoms with Gasteiger partial charge in [0.15, 0.2) is 17.5 Å². The number of methoxy groups -OCH3 is 2. The number of nitrogens with zero attached hydrogens (tertiary/aromatic N) is 2. The number of halogens is 1. The van der Waals surface area contributed by atoms with Gasteiger partial charge in [0.2, 0.25) is 0 Å². The number of hydrogen-bond acceptors (Lipinski definition) is 4. The first-order valence-corrected chi connectivity index (χ1v) is 11.4. The summed E-state index contributed by atoms with van der Waals surface area (Å²) in [7, 11) is 5.24. The Kier molecular flexibility index (Phi) is 8.87. The fourth-order valence-corrected chi connectivity index (χ4v) is 5.12. The molecule has 0 aromatic heterocycles. The molecule has 1 fully saturated rings. The summed E-state index contributed by atoms with van der Waals surface area (Å²) in [5.74, 6) is 2.52. The number of aliphatic imine (C=N–C) groups is 1. The van der Waals surface area contributed by atoms with Crippen molar-refractivity contribution in [3.05, 3.63) is 58.7 Å². The average Bonchev–Trinajstić information content (AvgIpc) is 2.84. The zero-order chi connectivity index (χ0) is 22.6. The average molecular weight is 565 g/mol. The van der Waals surface area contributed by atoms with E-state index in [-0.39, 0.29) is 29.4 Å². The molecule has 0 atom stereocenters. The molecular formula is C26H36IN3O3. The summed E-state index contributed by atoms with van der Waals surface area (Å²) in [6.07, 6.45) is 2.98. The minimum absolute atomic E-state index is 0. The molecule has 2 heterocycles. The Morgan fingerprint density at radius 1 is 1.09 bits per heavy atom. The third-order valence-electron chi connectivity index (χ3n) is 6.98. The lowest BCUT2D eigenvalue weighted by molar-refractivity contribution is 0.0509.